The average Bonchev–Trinajstić information content (AvgIpc) is 3.12. The highest BCUT2D eigenvalue weighted by atomic mass is 127. The summed E-state index contributed by atoms with van der Waals surface area (Å²) in [4.78, 5) is 10.7. The third-order valence-corrected chi connectivity index (χ3v) is 5.75. The van der Waals surface area contributed by atoms with Gasteiger partial charge in [0, 0.05) is 31.4 Å². The van der Waals surface area contributed by atoms with E-state index in [1.54, 1.807) is 0 Å². The van der Waals surface area contributed by atoms with Gasteiger partial charge in [0.25, 0.3) is 0 Å². The summed E-state index contributed by atoms with van der Waals surface area (Å²) in [6, 6.07) is 0. The minimum absolute atomic E-state index is 0. The van der Waals surface area contributed by atoms with Crippen LogP contribution in [0.25, 0.3) is 0 Å². The molecular formula is C19H33F3IN5S. The number of hydrogen-bond donors (Lipinski definition) is 2. The number of aliphatic imine (C=N–C) groups is 1. The van der Waals surface area contributed by atoms with Crippen LogP contribution in [0, 0.1) is 5.92 Å². The average molecular weight is 547 g/mol. The fourth-order valence-corrected chi connectivity index (χ4v) is 3.91. The molecular weight excluding hydrogens is 514 g/mol. The minimum atomic E-state index is -4.37. The summed E-state index contributed by atoms with van der Waals surface area (Å²) in [6.07, 6.45) is 0.844. The highest BCUT2D eigenvalue weighted by molar-refractivity contribution is 14.0. The smallest absolute Gasteiger partial charge is 0.357 e. The summed E-state index contributed by atoms with van der Waals surface area (Å²) < 4.78 is 37.8. The van der Waals surface area contributed by atoms with Gasteiger partial charge in [0.1, 0.15) is 0 Å². The molecule has 1 aliphatic rings. The Morgan fingerprint density at radius 3 is 2.62 bits per heavy atom. The van der Waals surface area contributed by atoms with Gasteiger partial charge in [-0.1, -0.05) is 6.92 Å². The summed E-state index contributed by atoms with van der Waals surface area (Å²) in [5.74, 6) is 1.57. The number of halogens is 4. The molecule has 1 aliphatic heterocycles. The van der Waals surface area contributed by atoms with Gasteiger partial charge in [-0.15, -0.1) is 35.3 Å². The standard InChI is InChI=1S/C19H32F3N5S.HI/c1-3-23-18(24-9-4-5-11-27-12-7-15(2)8-13-27)25-10-6-17-26-16(14-28-17)19(20,21)22;/h14-15H,3-13H2,1-2H3,(H2,23,24,25);1H. The van der Waals surface area contributed by atoms with Crippen LogP contribution in [-0.2, 0) is 12.6 Å². The molecule has 1 fully saturated rings. The first-order valence-corrected chi connectivity index (χ1v) is 11.0. The van der Waals surface area contributed by atoms with Crippen molar-refractivity contribution in [1.82, 2.24) is 20.5 Å². The van der Waals surface area contributed by atoms with Crippen LogP contribution in [0.1, 0.15) is 50.2 Å². The summed E-state index contributed by atoms with van der Waals surface area (Å²) in [5.41, 5.74) is -0.809. The number of guanidine groups is 1. The van der Waals surface area contributed by atoms with Crippen LogP contribution in [0.4, 0.5) is 13.2 Å². The normalized spacial score (nSPS) is 16.5. The van der Waals surface area contributed by atoms with Gasteiger partial charge in [-0.05, 0) is 58.2 Å². The van der Waals surface area contributed by atoms with Gasteiger partial charge in [-0.25, -0.2) is 4.98 Å². The molecule has 1 aromatic rings. The lowest BCUT2D eigenvalue weighted by Crippen LogP contribution is -2.38. The van der Waals surface area contributed by atoms with Crippen molar-refractivity contribution in [1.29, 1.82) is 0 Å². The van der Waals surface area contributed by atoms with E-state index in [0.29, 0.717) is 23.9 Å². The Labute approximate surface area is 193 Å². The Balaban J connectivity index is 0.00000420. The van der Waals surface area contributed by atoms with Crippen molar-refractivity contribution < 1.29 is 13.2 Å². The zero-order valence-corrected chi connectivity index (χ0v) is 20.4. The topological polar surface area (TPSA) is 52.6 Å². The molecule has 10 heteroatoms. The molecule has 1 aromatic heterocycles. The molecule has 0 saturated carbocycles. The summed E-state index contributed by atoms with van der Waals surface area (Å²) in [5, 5.41) is 7.90. The van der Waals surface area contributed by atoms with Crippen molar-refractivity contribution in [3.63, 3.8) is 0 Å². The highest BCUT2D eigenvalue weighted by Gasteiger charge is 2.33. The lowest BCUT2D eigenvalue weighted by Gasteiger charge is -2.30. The van der Waals surface area contributed by atoms with Crippen molar-refractivity contribution in [2.45, 2.75) is 52.1 Å². The number of piperidine rings is 1. The summed E-state index contributed by atoms with van der Waals surface area (Å²) >= 11 is 1.04. The van der Waals surface area contributed by atoms with Crippen molar-refractivity contribution >= 4 is 41.3 Å². The van der Waals surface area contributed by atoms with Crippen molar-refractivity contribution in [3.05, 3.63) is 16.1 Å². The number of alkyl halides is 3. The molecule has 0 radical (unpaired) electrons. The first-order chi connectivity index (χ1) is 13.4. The Hall–Kier alpha value is -0.620. The van der Waals surface area contributed by atoms with Crippen LogP contribution >= 0.6 is 35.3 Å². The van der Waals surface area contributed by atoms with E-state index in [0.717, 1.165) is 55.1 Å². The van der Waals surface area contributed by atoms with Crippen molar-refractivity contribution in [3.8, 4) is 0 Å². The molecule has 2 rings (SSSR count). The van der Waals surface area contributed by atoms with E-state index in [1.807, 2.05) is 6.92 Å². The van der Waals surface area contributed by atoms with Gasteiger partial charge in [-0.3, -0.25) is 4.99 Å². The molecule has 0 bridgehead atoms. The number of aromatic nitrogens is 1. The molecule has 0 atom stereocenters. The van der Waals surface area contributed by atoms with E-state index in [4.69, 9.17) is 0 Å². The highest BCUT2D eigenvalue weighted by Crippen LogP contribution is 2.30. The number of thiazole rings is 1. The van der Waals surface area contributed by atoms with Gasteiger partial charge in [0.2, 0.25) is 0 Å². The van der Waals surface area contributed by atoms with Gasteiger partial charge < -0.3 is 15.5 Å². The van der Waals surface area contributed by atoms with E-state index in [9.17, 15) is 13.2 Å². The van der Waals surface area contributed by atoms with E-state index >= 15 is 0 Å². The van der Waals surface area contributed by atoms with Gasteiger partial charge in [0.05, 0.1) is 5.01 Å². The molecule has 0 aliphatic carbocycles. The maximum atomic E-state index is 12.6. The maximum Gasteiger partial charge on any atom is 0.434 e. The Kier molecular flexibility index (Phi) is 12.4. The van der Waals surface area contributed by atoms with Gasteiger partial charge in [-0.2, -0.15) is 13.2 Å². The van der Waals surface area contributed by atoms with E-state index in [2.05, 4.69) is 32.4 Å². The van der Waals surface area contributed by atoms with Crippen LogP contribution in [-0.4, -0.2) is 55.1 Å². The second kappa shape index (κ2) is 13.6. The van der Waals surface area contributed by atoms with E-state index in [-0.39, 0.29) is 24.0 Å². The van der Waals surface area contributed by atoms with Crippen LogP contribution < -0.4 is 10.6 Å². The van der Waals surface area contributed by atoms with Crippen LogP contribution in [0.2, 0.25) is 0 Å². The molecule has 2 N–H and O–H groups in total. The van der Waals surface area contributed by atoms with E-state index in [1.165, 1.54) is 25.9 Å². The van der Waals surface area contributed by atoms with Crippen LogP contribution in [0.3, 0.4) is 0 Å². The predicted molar refractivity (Wildman–Crippen MR) is 124 cm³/mol. The number of nitrogens with one attached hydrogen (secondary N) is 2. The molecule has 29 heavy (non-hydrogen) atoms. The van der Waals surface area contributed by atoms with Crippen LogP contribution in [0.15, 0.2) is 10.4 Å². The Bertz CT molecular complexity index is 601. The first kappa shape index (κ1) is 26.4. The Morgan fingerprint density at radius 1 is 1.28 bits per heavy atom. The van der Waals surface area contributed by atoms with Crippen molar-refractivity contribution in [2.24, 2.45) is 10.9 Å². The molecule has 0 unspecified atom stereocenters. The molecule has 0 amide bonds. The number of unbranched alkanes of at least 4 members (excludes halogenated alkanes) is 1. The third-order valence-electron chi connectivity index (χ3n) is 4.85. The molecule has 0 aromatic carbocycles. The number of hydrogen-bond acceptors (Lipinski definition) is 4. The second-order valence-electron chi connectivity index (χ2n) is 7.29. The zero-order valence-electron chi connectivity index (χ0n) is 17.2. The summed E-state index contributed by atoms with van der Waals surface area (Å²) in [7, 11) is 0. The molecule has 2 heterocycles. The monoisotopic (exact) mass is 547 g/mol. The first-order valence-electron chi connectivity index (χ1n) is 10.1. The Morgan fingerprint density at radius 2 is 2.00 bits per heavy atom. The third kappa shape index (κ3) is 10.3. The van der Waals surface area contributed by atoms with Crippen LogP contribution in [0.5, 0.6) is 0 Å². The van der Waals surface area contributed by atoms with Gasteiger partial charge in [0.15, 0.2) is 11.7 Å². The molecule has 1 saturated heterocycles. The van der Waals surface area contributed by atoms with E-state index < -0.39 is 11.9 Å². The molecule has 168 valence electrons. The SMILES string of the molecule is CCNC(=NCCCCN1CCC(C)CC1)NCCc1nc(C(F)(F)F)cs1.I. The lowest BCUT2D eigenvalue weighted by molar-refractivity contribution is -0.140. The quantitative estimate of drug-likeness (QED) is 0.209. The minimum Gasteiger partial charge on any atom is -0.357 e. The molecule has 0 spiro atoms. The largest absolute Gasteiger partial charge is 0.434 e. The number of rotatable bonds is 9. The lowest BCUT2D eigenvalue weighted by atomic mass is 9.99. The second-order valence-corrected chi connectivity index (χ2v) is 8.24. The van der Waals surface area contributed by atoms with Gasteiger partial charge >= 0.3 is 6.18 Å². The molecule has 5 nitrogen and oxygen atoms in total. The predicted octanol–water partition coefficient (Wildman–Crippen LogP) is 4.39. The maximum absolute atomic E-state index is 12.6. The number of nitrogens with zero attached hydrogens (tertiary/aromatic N) is 3. The fourth-order valence-electron chi connectivity index (χ4n) is 3.11. The van der Waals surface area contributed by atoms with Crippen molar-refractivity contribution in [2.75, 3.05) is 39.3 Å². The zero-order chi connectivity index (χ0) is 20.4. The summed E-state index contributed by atoms with van der Waals surface area (Å²) in [6.45, 7) is 9.86. The fraction of sp³-hybridized carbons (Fsp3) is 0.789. The number of likely N-dealkylation sites (tertiary alicyclic amines) is 1.